The van der Waals surface area contributed by atoms with Crippen molar-refractivity contribution in [2.75, 3.05) is 10.6 Å². The van der Waals surface area contributed by atoms with Crippen molar-refractivity contribution in [3.05, 3.63) is 102 Å². The summed E-state index contributed by atoms with van der Waals surface area (Å²) in [5, 5.41) is 9.80. The van der Waals surface area contributed by atoms with Crippen molar-refractivity contribution in [2.45, 2.75) is 24.5 Å². The van der Waals surface area contributed by atoms with Gasteiger partial charge >= 0.3 is 6.03 Å². The van der Waals surface area contributed by atoms with Gasteiger partial charge in [-0.15, -0.1) is 0 Å². The number of nitrogens with zero attached hydrogens (tertiary/aromatic N) is 2. The third kappa shape index (κ3) is 5.15. The van der Waals surface area contributed by atoms with Crippen molar-refractivity contribution in [1.29, 1.82) is 0 Å². The molecule has 2 N–H and O–H groups in total. The number of hydrogen-bond donors (Lipinski definition) is 2. The molecule has 1 heterocycles. The van der Waals surface area contributed by atoms with Crippen molar-refractivity contribution in [3.8, 4) is 5.69 Å². The maximum Gasteiger partial charge on any atom is 0.323 e. The van der Waals surface area contributed by atoms with E-state index >= 15 is 0 Å². The van der Waals surface area contributed by atoms with Crippen LogP contribution in [0.1, 0.15) is 17.0 Å². The quantitative estimate of drug-likeness (QED) is 0.396. The number of anilines is 2. The van der Waals surface area contributed by atoms with Crippen LogP contribution in [0.4, 0.5) is 20.6 Å². The van der Waals surface area contributed by atoms with Crippen LogP contribution in [-0.2, 0) is 15.6 Å². The van der Waals surface area contributed by atoms with E-state index in [2.05, 4.69) is 15.7 Å². The number of carbonyl (C=O) groups is 1. The third-order valence-corrected chi connectivity index (χ3v) is 7.13. The van der Waals surface area contributed by atoms with E-state index in [-0.39, 0.29) is 16.5 Å². The maximum atomic E-state index is 13.3. The van der Waals surface area contributed by atoms with Gasteiger partial charge in [0.15, 0.2) is 9.84 Å². The first-order valence-electron chi connectivity index (χ1n) is 10.5. The molecule has 2 amide bonds. The number of aryl methyl sites for hydroxylation is 1. The van der Waals surface area contributed by atoms with Crippen molar-refractivity contribution < 1.29 is 17.6 Å². The van der Waals surface area contributed by atoms with E-state index in [1.807, 2.05) is 18.2 Å². The van der Waals surface area contributed by atoms with Gasteiger partial charge in [0, 0.05) is 11.4 Å². The molecule has 0 radical (unpaired) electrons. The number of nitrogens with one attached hydrogen (secondary N) is 2. The van der Waals surface area contributed by atoms with Crippen LogP contribution in [0.3, 0.4) is 0 Å². The highest BCUT2D eigenvalue weighted by Crippen LogP contribution is 2.26. The highest BCUT2D eigenvalue weighted by Gasteiger charge is 2.25. The molecule has 0 unspecified atom stereocenters. The molecule has 4 aromatic rings. The number of para-hydroxylation sites is 1. The fourth-order valence-corrected chi connectivity index (χ4v) is 5.51. The lowest BCUT2D eigenvalue weighted by Gasteiger charge is -2.09. The highest BCUT2D eigenvalue weighted by atomic mass is 32.2. The molecule has 1 aromatic heterocycles. The summed E-state index contributed by atoms with van der Waals surface area (Å²) in [5.41, 5.74) is 3.17. The topological polar surface area (TPSA) is 93.1 Å². The second-order valence-electron chi connectivity index (χ2n) is 7.79. The summed E-state index contributed by atoms with van der Waals surface area (Å²) >= 11 is 0. The Morgan fingerprint density at radius 2 is 1.47 bits per heavy atom. The van der Waals surface area contributed by atoms with Gasteiger partial charge in [-0.1, -0.05) is 30.3 Å². The van der Waals surface area contributed by atoms with Gasteiger partial charge in [-0.25, -0.2) is 22.3 Å². The Morgan fingerprint density at radius 3 is 2.09 bits per heavy atom. The van der Waals surface area contributed by atoms with Gasteiger partial charge in [-0.05, 0) is 67.9 Å². The van der Waals surface area contributed by atoms with E-state index in [0.717, 1.165) is 0 Å². The van der Waals surface area contributed by atoms with Crippen molar-refractivity contribution in [3.63, 3.8) is 0 Å². The van der Waals surface area contributed by atoms with Crippen LogP contribution >= 0.6 is 0 Å². The normalized spacial score (nSPS) is 11.3. The number of benzene rings is 3. The second-order valence-corrected chi connectivity index (χ2v) is 9.72. The molecule has 34 heavy (non-hydrogen) atoms. The number of carbonyl (C=O) groups excluding carboxylic acids is 1. The van der Waals surface area contributed by atoms with Crippen molar-refractivity contribution in [1.82, 2.24) is 9.78 Å². The lowest BCUT2D eigenvalue weighted by Crippen LogP contribution is -2.19. The molecule has 0 aliphatic carbocycles. The molecule has 0 fully saturated rings. The maximum absolute atomic E-state index is 13.3. The predicted octanol–water partition coefficient (Wildman–Crippen LogP) is 5.25. The van der Waals surface area contributed by atoms with Crippen LogP contribution in [0.25, 0.3) is 5.69 Å². The van der Waals surface area contributed by atoms with Crippen molar-refractivity contribution >= 4 is 27.2 Å². The molecule has 0 bridgehead atoms. The number of rotatable bonds is 6. The zero-order valence-corrected chi connectivity index (χ0v) is 19.4. The standard InChI is InChI=1S/C25H23FN4O3S/c1-17-24(18(2)30(29-17)23-14-10-20(26)11-15-23)34(32,33)16-19-8-12-22(13-9-19)28-25(31)27-21-6-4-3-5-7-21/h3-15H,16H2,1-2H3,(H2,27,28,31). The first-order valence-corrected chi connectivity index (χ1v) is 12.1. The van der Waals surface area contributed by atoms with E-state index in [1.165, 1.54) is 16.8 Å². The lowest BCUT2D eigenvalue weighted by molar-refractivity contribution is 0.262. The van der Waals surface area contributed by atoms with Crippen LogP contribution < -0.4 is 10.6 Å². The minimum atomic E-state index is -3.70. The van der Waals surface area contributed by atoms with Crippen LogP contribution in [0.5, 0.6) is 0 Å². The molecular weight excluding hydrogens is 455 g/mol. The average molecular weight is 479 g/mol. The summed E-state index contributed by atoms with van der Waals surface area (Å²) in [6.07, 6.45) is 0. The Labute approximate surface area is 197 Å². The SMILES string of the molecule is Cc1nn(-c2ccc(F)cc2)c(C)c1S(=O)(=O)Cc1ccc(NC(=O)Nc2ccccc2)cc1. The summed E-state index contributed by atoms with van der Waals surface area (Å²) < 4.78 is 41.2. The summed E-state index contributed by atoms with van der Waals surface area (Å²) in [5.74, 6) is -0.603. The van der Waals surface area contributed by atoms with E-state index in [1.54, 1.807) is 62.4 Å². The van der Waals surface area contributed by atoms with Gasteiger partial charge in [0.1, 0.15) is 10.7 Å². The molecule has 9 heteroatoms. The minimum absolute atomic E-state index is 0.154. The first kappa shape index (κ1) is 23.2. The number of hydrogen-bond acceptors (Lipinski definition) is 4. The zero-order valence-electron chi connectivity index (χ0n) is 18.6. The Hall–Kier alpha value is -3.98. The number of halogens is 1. The van der Waals surface area contributed by atoms with Gasteiger partial charge in [0.05, 0.1) is 22.8 Å². The van der Waals surface area contributed by atoms with Gasteiger partial charge < -0.3 is 10.6 Å². The van der Waals surface area contributed by atoms with Gasteiger partial charge in [0.25, 0.3) is 0 Å². The predicted molar refractivity (Wildman–Crippen MR) is 129 cm³/mol. The molecule has 4 rings (SSSR count). The molecule has 174 valence electrons. The largest absolute Gasteiger partial charge is 0.323 e. The molecule has 0 aliphatic rings. The minimum Gasteiger partial charge on any atom is -0.308 e. The molecule has 0 atom stereocenters. The summed E-state index contributed by atoms with van der Waals surface area (Å²) in [4.78, 5) is 12.3. The molecule has 7 nitrogen and oxygen atoms in total. The van der Waals surface area contributed by atoms with Crippen molar-refractivity contribution in [2.24, 2.45) is 0 Å². The Morgan fingerprint density at radius 1 is 0.882 bits per heavy atom. The first-order chi connectivity index (χ1) is 16.2. The summed E-state index contributed by atoms with van der Waals surface area (Å²) in [6.45, 7) is 3.31. The average Bonchev–Trinajstić information content (AvgIpc) is 3.10. The summed E-state index contributed by atoms with van der Waals surface area (Å²) in [7, 11) is -3.70. The Balaban J connectivity index is 1.48. The number of sulfone groups is 1. The fourth-order valence-electron chi connectivity index (χ4n) is 3.70. The second kappa shape index (κ2) is 9.48. The zero-order chi connectivity index (χ0) is 24.3. The Bertz CT molecular complexity index is 1420. The highest BCUT2D eigenvalue weighted by molar-refractivity contribution is 7.90. The van der Waals surface area contributed by atoms with E-state index in [4.69, 9.17) is 0 Å². The monoisotopic (exact) mass is 478 g/mol. The van der Waals surface area contributed by atoms with Crippen LogP contribution in [-0.4, -0.2) is 24.2 Å². The number of amides is 2. The molecule has 0 spiro atoms. The molecule has 0 saturated carbocycles. The molecule has 3 aromatic carbocycles. The van der Waals surface area contributed by atoms with Gasteiger partial charge in [-0.2, -0.15) is 5.10 Å². The van der Waals surface area contributed by atoms with Gasteiger partial charge in [-0.3, -0.25) is 0 Å². The van der Waals surface area contributed by atoms with Crippen LogP contribution in [0, 0.1) is 19.7 Å². The van der Waals surface area contributed by atoms with E-state index in [9.17, 15) is 17.6 Å². The number of aromatic nitrogens is 2. The summed E-state index contributed by atoms with van der Waals surface area (Å²) in [6, 6.07) is 20.9. The fraction of sp³-hybridized carbons (Fsp3) is 0.120. The Kier molecular flexibility index (Phi) is 6.47. The van der Waals surface area contributed by atoms with Crippen LogP contribution in [0.15, 0.2) is 83.8 Å². The van der Waals surface area contributed by atoms with E-state index in [0.29, 0.717) is 34.0 Å². The lowest BCUT2D eigenvalue weighted by atomic mass is 10.2. The van der Waals surface area contributed by atoms with Gasteiger partial charge in [0.2, 0.25) is 0 Å². The number of urea groups is 1. The molecule has 0 saturated heterocycles. The molecular formula is C25H23FN4O3S. The third-order valence-electron chi connectivity index (χ3n) is 5.21. The van der Waals surface area contributed by atoms with Crippen LogP contribution in [0.2, 0.25) is 0 Å². The van der Waals surface area contributed by atoms with E-state index < -0.39 is 15.9 Å². The smallest absolute Gasteiger partial charge is 0.308 e. The molecule has 0 aliphatic heterocycles.